The minimum Gasteiger partial charge on any atom is -0.373 e. The Labute approximate surface area is 118 Å². The van der Waals surface area contributed by atoms with E-state index in [9.17, 15) is 9.59 Å². The Kier molecular flexibility index (Phi) is 3.99. The van der Waals surface area contributed by atoms with Crippen LogP contribution in [-0.4, -0.2) is 17.1 Å². The lowest BCUT2D eigenvalue weighted by molar-refractivity contribution is -0.128. The molecule has 1 N–H and O–H groups in total. The Bertz CT molecular complexity index is 582. The maximum atomic E-state index is 12.2. The fraction of sp³-hybridized carbons (Fsp3) is 0.600. The summed E-state index contributed by atoms with van der Waals surface area (Å²) in [5.41, 5.74) is 1.97. The molecule has 1 amide bonds. The van der Waals surface area contributed by atoms with Gasteiger partial charge in [-0.3, -0.25) is 9.59 Å². The first kappa shape index (κ1) is 14.8. The number of hydrogen-bond donors (Lipinski definition) is 1. The average molecular weight is 278 g/mol. The normalized spacial score (nSPS) is 14.8. The standard InChI is InChI=1S/C15H22N2O3/c1-10-7-13(18)11(8-16-14(19)15(2,3)4)12-9-20-6-5-17(10)12/h7H,5-6,8-9H2,1-4H3,(H,16,19). The second-order valence-corrected chi connectivity index (χ2v) is 6.21. The topological polar surface area (TPSA) is 60.3 Å². The van der Waals surface area contributed by atoms with Crippen molar-refractivity contribution < 1.29 is 9.53 Å². The Morgan fingerprint density at radius 1 is 1.45 bits per heavy atom. The number of fused-ring (bicyclic) bond motifs is 1. The number of pyridine rings is 1. The zero-order valence-corrected chi connectivity index (χ0v) is 12.6. The van der Waals surface area contributed by atoms with E-state index in [-0.39, 0.29) is 17.9 Å². The van der Waals surface area contributed by atoms with E-state index in [1.807, 2.05) is 27.7 Å². The van der Waals surface area contributed by atoms with Crippen molar-refractivity contribution in [1.29, 1.82) is 0 Å². The highest BCUT2D eigenvalue weighted by molar-refractivity contribution is 5.81. The molecular formula is C15H22N2O3. The maximum absolute atomic E-state index is 12.2. The summed E-state index contributed by atoms with van der Waals surface area (Å²) in [6, 6.07) is 1.63. The van der Waals surface area contributed by atoms with Crippen molar-refractivity contribution in [2.24, 2.45) is 5.41 Å². The molecule has 0 fully saturated rings. The van der Waals surface area contributed by atoms with Crippen LogP contribution >= 0.6 is 0 Å². The summed E-state index contributed by atoms with van der Waals surface area (Å²) in [6.07, 6.45) is 0. The lowest BCUT2D eigenvalue weighted by atomic mass is 9.95. The van der Waals surface area contributed by atoms with Gasteiger partial charge in [0.1, 0.15) is 0 Å². The summed E-state index contributed by atoms with van der Waals surface area (Å²) in [5.74, 6) is -0.0621. The van der Waals surface area contributed by atoms with Crippen molar-refractivity contribution in [3.63, 3.8) is 0 Å². The van der Waals surface area contributed by atoms with E-state index >= 15 is 0 Å². The molecule has 1 aliphatic rings. The number of rotatable bonds is 2. The zero-order chi connectivity index (χ0) is 14.9. The third-order valence-electron chi connectivity index (χ3n) is 3.54. The summed E-state index contributed by atoms with van der Waals surface area (Å²) in [4.78, 5) is 24.1. The molecule has 5 nitrogen and oxygen atoms in total. The van der Waals surface area contributed by atoms with Crippen molar-refractivity contribution in [3.05, 3.63) is 33.2 Å². The van der Waals surface area contributed by atoms with Crippen LogP contribution in [0.4, 0.5) is 0 Å². The minimum absolute atomic E-state index is 0.0338. The van der Waals surface area contributed by atoms with Gasteiger partial charge in [-0.05, 0) is 6.92 Å². The lowest BCUT2D eigenvalue weighted by Crippen LogP contribution is -2.37. The van der Waals surface area contributed by atoms with Gasteiger partial charge in [0.2, 0.25) is 5.91 Å². The van der Waals surface area contributed by atoms with E-state index in [0.29, 0.717) is 18.8 Å². The van der Waals surface area contributed by atoms with Gasteiger partial charge < -0.3 is 14.6 Å². The zero-order valence-electron chi connectivity index (χ0n) is 12.6. The highest BCUT2D eigenvalue weighted by Crippen LogP contribution is 2.16. The molecule has 0 unspecified atom stereocenters. The van der Waals surface area contributed by atoms with E-state index in [1.165, 1.54) is 0 Å². The lowest BCUT2D eigenvalue weighted by Gasteiger charge is -2.25. The Balaban J connectivity index is 2.28. The second-order valence-electron chi connectivity index (χ2n) is 6.21. The summed E-state index contributed by atoms with van der Waals surface area (Å²) < 4.78 is 7.55. The van der Waals surface area contributed by atoms with Crippen LogP contribution in [-0.2, 0) is 29.2 Å². The number of amides is 1. The first-order chi connectivity index (χ1) is 9.30. The molecule has 0 radical (unpaired) electrons. The van der Waals surface area contributed by atoms with Crippen LogP contribution < -0.4 is 10.7 Å². The quantitative estimate of drug-likeness (QED) is 0.888. The van der Waals surface area contributed by atoms with Crippen molar-refractivity contribution in [2.75, 3.05) is 6.61 Å². The summed E-state index contributed by atoms with van der Waals surface area (Å²) in [7, 11) is 0. The van der Waals surface area contributed by atoms with Crippen LogP contribution in [0.2, 0.25) is 0 Å². The van der Waals surface area contributed by atoms with Gasteiger partial charge in [0, 0.05) is 35.8 Å². The molecule has 5 heteroatoms. The molecule has 0 atom stereocenters. The molecule has 1 aliphatic heterocycles. The van der Waals surface area contributed by atoms with Gasteiger partial charge in [0.05, 0.1) is 18.9 Å². The molecule has 0 aliphatic carbocycles. The minimum atomic E-state index is -0.461. The molecule has 0 spiro atoms. The number of nitrogens with one attached hydrogen (secondary N) is 1. The predicted octanol–water partition coefficient (Wildman–Crippen LogP) is 1.35. The van der Waals surface area contributed by atoms with Crippen LogP contribution in [0, 0.1) is 12.3 Å². The molecule has 1 aromatic heterocycles. The monoisotopic (exact) mass is 278 g/mol. The molecule has 0 saturated carbocycles. The first-order valence-electron chi connectivity index (χ1n) is 6.89. The van der Waals surface area contributed by atoms with Gasteiger partial charge in [-0.25, -0.2) is 0 Å². The van der Waals surface area contributed by atoms with Crippen LogP contribution in [0.15, 0.2) is 10.9 Å². The van der Waals surface area contributed by atoms with Gasteiger partial charge in [0.25, 0.3) is 0 Å². The highest BCUT2D eigenvalue weighted by Gasteiger charge is 2.23. The van der Waals surface area contributed by atoms with Crippen LogP contribution in [0.3, 0.4) is 0 Å². The molecule has 20 heavy (non-hydrogen) atoms. The third-order valence-corrected chi connectivity index (χ3v) is 3.54. The molecule has 0 aromatic carbocycles. The smallest absolute Gasteiger partial charge is 0.225 e. The van der Waals surface area contributed by atoms with Gasteiger partial charge in [-0.15, -0.1) is 0 Å². The molecular weight excluding hydrogens is 256 g/mol. The third kappa shape index (κ3) is 2.93. The molecule has 110 valence electrons. The van der Waals surface area contributed by atoms with Crippen LogP contribution in [0.25, 0.3) is 0 Å². The number of ether oxygens (including phenoxy) is 1. The van der Waals surface area contributed by atoms with Gasteiger partial charge in [-0.1, -0.05) is 20.8 Å². The van der Waals surface area contributed by atoms with Crippen molar-refractivity contribution >= 4 is 5.91 Å². The number of aromatic nitrogens is 1. The summed E-state index contributed by atoms with van der Waals surface area (Å²) in [6.45, 7) is 9.57. The van der Waals surface area contributed by atoms with E-state index in [4.69, 9.17) is 4.74 Å². The second kappa shape index (κ2) is 5.40. The number of aryl methyl sites for hydroxylation is 1. The van der Waals surface area contributed by atoms with E-state index in [2.05, 4.69) is 9.88 Å². The molecule has 2 heterocycles. The number of carbonyl (C=O) groups excluding carboxylic acids is 1. The molecule has 0 bridgehead atoms. The first-order valence-corrected chi connectivity index (χ1v) is 6.89. The van der Waals surface area contributed by atoms with E-state index in [0.717, 1.165) is 17.9 Å². The Morgan fingerprint density at radius 2 is 2.15 bits per heavy atom. The fourth-order valence-electron chi connectivity index (χ4n) is 2.30. The molecule has 0 saturated heterocycles. The summed E-state index contributed by atoms with van der Waals surface area (Å²) in [5, 5.41) is 2.84. The average Bonchev–Trinajstić information content (AvgIpc) is 2.37. The highest BCUT2D eigenvalue weighted by atomic mass is 16.5. The number of carbonyl (C=O) groups is 1. The fourth-order valence-corrected chi connectivity index (χ4v) is 2.30. The number of nitrogens with zero attached hydrogens (tertiary/aromatic N) is 1. The van der Waals surface area contributed by atoms with Gasteiger partial charge >= 0.3 is 0 Å². The maximum Gasteiger partial charge on any atom is 0.225 e. The predicted molar refractivity (Wildman–Crippen MR) is 76.4 cm³/mol. The summed E-state index contributed by atoms with van der Waals surface area (Å²) >= 11 is 0. The molecule has 1 aromatic rings. The largest absolute Gasteiger partial charge is 0.373 e. The van der Waals surface area contributed by atoms with Gasteiger partial charge in [-0.2, -0.15) is 0 Å². The van der Waals surface area contributed by atoms with Crippen LogP contribution in [0.5, 0.6) is 0 Å². The van der Waals surface area contributed by atoms with E-state index < -0.39 is 5.41 Å². The SMILES string of the molecule is Cc1cc(=O)c(CNC(=O)C(C)(C)C)c2n1CCOC2. The van der Waals surface area contributed by atoms with Gasteiger partial charge in [0.15, 0.2) is 5.43 Å². The van der Waals surface area contributed by atoms with Crippen molar-refractivity contribution in [3.8, 4) is 0 Å². The van der Waals surface area contributed by atoms with E-state index in [1.54, 1.807) is 6.07 Å². The Morgan fingerprint density at radius 3 is 2.80 bits per heavy atom. The Hall–Kier alpha value is -1.62. The van der Waals surface area contributed by atoms with Crippen molar-refractivity contribution in [2.45, 2.75) is 47.4 Å². The molecule has 2 rings (SSSR count). The van der Waals surface area contributed by atoms with Crippen LogP contribution in [0.1, 0.15) is 37.7 Å². The van der Waals surface area contributed by atoms with Crippen molar-refractivity contribution in [1.82, 2.24) is 9.88 Å². The number of hydrogen-bond acceptors (Lipinski definition) is 3.